The van der Waals surface area contributed by atoms with Crippen molar-refractivity contribution < 1.29 is 13.9 Å². The van der Waals surface area contributed by atoms with Gasteiger partial charge in [-0.2, -0.15) is 0 Å². The second-order valence-electron chi connectivity index (χ2n) is 5.86. The molecule has 0 aliphatic rings. The van der Waals surface area contributed by atoms with Gasteiger partial charge in [0.15, 0.2) is 5.96 Å². The van der Waals surface area contributed by atoms with Crippen LogP contribution in [0.15, 0.2) is 40.7 Å². The van der Waals surface area contributed by atoms with Crippen LogP contribution in [0.2, 0.25) is 0 Å². The normalized spacial score (nSPS) is 13.7. The van der Waals surface area contributed by atoms with Crippen LogP contribution in [0.3, 0.4) is 0 Å². The monoisotopic (exact) mass is 495 g/mol. The molecular formula is C18H24F2IN3OS. The van der Waals surface area contributed by atoms with Crippen molar-refractivity contribution in [2.45, 2.75) is 25.9 Å². The predicted octanol–water partition coefficient (Wildman–Crippen LogP) is 3.65. The Balaban J connectivity index is 0.00000338. The molecule has 2 aromatic rings. The number of nitrogens with zero attached hydrogens (tertiary/aromatic N) is 1. The molecule has 1 aromatic carbocycles. The largest absolute Gasteiger partial charge is 0.383 e. The van der Waals surface area contributed by atoms with Crippen LogP contribution in [0.1, 0.15) is 24.3 Å². The maximum Gasteiger partial charge on any atom is 0.191 e. The van der Waals surface area contributed by atoms with E-state index in [1.165, 1.54) is 17.4 Å². The van der Waals surface area contributed by atoms with Crippen molar-refractivity contribution in [3.05, 3.63) is 57.8 Å². The van der Waals surface area contributed by atoms with E-state index >= 15 is 0 Å². The number of hydrogen-bond donors (Lipinski definition) is 3. The van der Waals surface area contributed by atoms with Gasteiger partial charge in [0.05, 0.1) is 6.54 Å². The van der Waals surface area contributed by atoms with Crippen molar-refractivity contribution in [3.8, 4) is 0 Å². The van der Waals surface area contributed by atoms with Crippen LogP contribution in [-0.2, 0) is 12.0 Å². The van der Waals surface area contributed by atoms with Crippen molar-refractivity contribution in [1.82, 2.24) is 10.6 Å². The molecule has 0 aliphatic carbocycles. The maximum atomic E-state index is 13.6. The second kappa shape index (κ2) is 10.8. The summed E-state index contributed by atoms with van der Waals surface area (Å²) in [5.41, 5.74) is -0.737. The Morgan fingerprint density at radius 3 is 2.69 bits per heavy atom. The second-order valence-corrected chi connectivity index (χ2v) is 6.81. The van der Waals surface area contributed by atoms with Crippen molar-refractivity contribution in [1.29, 1.82) is 0 Å². The Labute approximate surface area is 173 Å². The number of hydrogen-bond acceptors (Lipinski definition) is 3. The van der Waals surface area contributed by atoms with Crippen molar-refractivity contribution in [2.24, 2.45) is 4.99 Å². The van der Waals surface area contributed by atoms with Crippen LogP contribution in [0.5, 0.6) is 0 Å². The van der Waals surface area contributed by atoms with Crippen molar-refractivity contribution in [3.63, 3.8) is 0 Å². The molecule has 1 atom stereocenters. The SMILES string of the molecule is CCNC(=NCC(C)(O)c1cccs1)NCCc1cc(F)ccc1F.I. The first kappa shape index (κ1) is 22.8. The zero-order valence-corrected chi connectivity index (χ0v) is 17.9. The third kappa shape index (κ3) is 6.81. The first-order chi connectivity index (χ1) is 11.9. The molecule has 0 amide bonds. The molecule has 0 saturated carbocycles. The standard InChI is InChI=1S/C18H23F2N3OS.HI/c1-3-21-17(23-12-18(2,24)16-5-4-10-25-16)22-9-8-13-11-14(19)6-7-15(13)20;/h4-7,10-11,24H,3,8-9,12H2,1-2H3,(H2,21,22,23);1H. The number of thiophene rings is 1. The molecule has 26 heavy (non-hydrogen) atoms. The molecule has 0 saturated heterocycles. The van der Waals surface area contributed by atoms with E-state index < -0.39 is 17.2 Å². The van der Waals surface area contributed by atoms with E-state index in [0.29, 0.717) is 31.0 Å². The summed E-state index contributed by atoms with van der Waals surface area (Å²) >= 11 is 1.48. The van der Waals surface area contributed by atoms with Gasteiger partial charge in [0.2, 0.25) is 0 Å². The zero-order chi connectivity index (χ0) is 18.3. The summed E-state index contributed by atoms with van der Waals surface area (Å²) in [6.45, 7) is 4.89. The van der Waals surface area contributed by atoms with E-state index in [9.17, 15) is 13.9 Å². The lowest BCUT2D eigenvalue weighted by Gasteiger charge is -2.20. The molecule has 1 heterocycles. The smallest absolute Gasteiger partial charge is 0.191 e. The fourth-order valence-corrected chi connectivity index (χ4v) is 3.07. The number of halogens is 3. The Hall–Kier alpha value is -1.26. The molecule has 1 aromatic heterocycles. The minimum Gasteiger partial charge on any atom is -0.383 e. The van der Waals surface area contributed by atoms with Gasteiger partial charge in [-0.05, 0) is 55.5 Å². The van der Waals surface area contributed by atoms with Crippen LogP contribution in [-0.4, -0.2) is 30.7 Å². The summed E-state index contributed by atoms with van der Waals surface area (Å²) in [7, 11) is 0. The van der Waals surface area contributed by atoms with E-state index in [1.807, 2.05) is 24.4 Å². The Morgan fingerprint density at radius 2 is 2.04 bits per heavy atom. The molecule has 0 bridgehead atoms. The molecule has 0 spiro atoms. The van der Waals surface area contributed by atoms with Crippen molar-refractivity contribution >= 4 is 41.3 Å². The number of guanidine groups is 1. The molecule has 144 valence electrons. The number of aliphatic imine (C=N–C) groups is 1. The van der Waals surface area contributed by atoms with E-state index in [-0.39, 0.29) is 30.5 Å². The van der Waals surface area contributed by atoms with Gasteiger partial charge in [-0.15, -0.1) is 35.3 Å². The van der Waals surface area contributed by atoms with E-state index in [1.54, 1.807) is 6.92 Å². The number of benzene rings is 1. The quantitative estimate of drug-likeness (QED) is 0.313. The lowest BCUT2D eigenvalue weighted by molar-refractivity contribution is 0.0711. The summed E-state index contributed by atoms with van der Waals surface area (Å²) in [6.07, 6.45) is 0.329. The Morgan fingerprint density at radius 1 is 1.27 bits per heavy atom. The van der Waals surface area contributed by atoms with Gasteiger partial charge in [-0.25, -0.2) is 13.8 Å². The number of rotatable bonds is 7. The van der Waals surface area contributed by atoms with Crippen LogP contribution < -0.4 is 10.6 Å². The van der Waals surface area contributed by atoms with Crippen LogP contribution in [0.25, 0.3) is 0 Å². The van der Waals surface area contributed by atoms with E-state index in [2.05, 4.69) is 15.6 Å². The molecule has 0 aliphatic heterocycles. The Kier molecular flexibility index (Phi) is 9.45. The van der Waals surface area contributed by atoms with Gasteiger partial charge >= 0.3 is 0 Å². The lowest BCUT2D eigenvalue weighted by atomic mass is 10.1. The van der Waals surface area contributed by atoms with Gasteiger partial charge in [0.25, 0.3) is 0 Å². The summed E-state index contributed by atoms with van der Waals surface area (Å²) in [5.74, 6) is -0.356. The van der Waals surface area contributed by atoms with Crippen LogP contribution in [0, 0.1) is 11.6 Å². The molecule has 0 fully saturated rings. The third-order valence-corrected chi connectivity index (χ3v) is 4.76. The fraction of sp³-hybridized carbons (Fsp3) is 0.389. The number of aliphatic hydroxyl groups is 1. The van der Waals surface area contributed by atoms with Crippen molar-refractivity contribution in [2.75, 3.05) is 19.6 Å². The van der Waals surface area contributed by atoms with Gasteiger partial charge in [-0.3, -0.25) is 0 Å². The maximum absolute atomic E-state index is 13.6. The van der Waals surface area contributed by atoms with Gasteiger partial charge in [-0.1, -0.05) is 6.07 Å². The topological polar surface area (TPSA) is 56.7 Å². The highest BCUT2D eigenvalue weighted by Gasteiger charge is 2.23. The van der Waals surface area contributed by atoms with Gasteiger partial charge in [0.1, 0.15) is 17.2 Å². The summed E-state index contributed by atoms with van der Waals surface area (Å²) in [6, 6.07) is 7.18. The molecule has 0 radical (unpaired) electrons. The molecule has 8 heteroatoms. The Bertz CT molecular complexity index is 708. The van der Waals surface area contributed by atoms with E-state index in [4.69, 9.17) is 0 Å². The molecule has 1 unspecified atom stereocenters. The summed E-state index contributed by atoms with van der Waals surface area (Å²) in [4.78, 5) is 5.24. The third-order valence-electron chi connectivity index (χ3n) is 3.64. The summed E-state index contributed by atoms with van der Waals surface area (Å²) in [5, 5.41) is 18.6. The highest BCUT2D eigenvalue weighted by Crippen LogP contribution is 2.25. The zero-order valence-electron chi connectivity index (χ0n) is 14.8. The van der Waals surface area contributed by atoms with Crippen LogP contribution in [0.4, 0.5) is 8.78 Å². The molecular weight excluding hydrogens is 471 g/mol. The highest BCUT2D eigenvalue weighted by molar-refractivity contribution is 14.0. The predicted molar refractivity (Wildman–Crippen MR) is 113 cm³/mol. The number of nitrogens with one attached hydrogen (secondary N) is 2. The van der Waals surface area contributed by atoms with Gasteiger partial charge in [0, 0.05) is 18.0 Å². The minimum absolute atomic E-state index is 0. The first-order valence-corrected chi connectivity index (χ1v) is 9.03. The minimum atomic E-state index is -1.05. The van der Waals surface area contributed by atoms with Gasteiger partial charge < -0.3 is 15.7 Å². The molecule has 4 nitrogen and oxygen atoms in total. The molecule has 3 N–H and O–H groups in total. The summed E-state index contributed by atoms with van der Waals surface area (Å²) < 4.78 is 26.8. The average Bonchev–Trinajstić information content (AvgIpc) is 3.11. The van der Waals surface area contributed by atoms with Crippen LogP contribution >= 0.6 is 35.3 Å². The molecule has 2 rings (SSSR count). The highest BCUT2D eigenvalue weighted by atomic mass is 127. The fourth-order valence-electron chi connectivity index (χ4n) is 2.29. The lowest BCUT2D eigenvalue weighted by Crippen LogP contribution is -2.39. The van der Waals surface area contributed by atoms with E-state index in [0.717, 1.165) is 17.0 Å². The first-order valence-electron chi connectivity index (χ1n) is 8.15. The average molecular weight is 495 g/mol.